The number of hydrogen-bond donors (Lipinski definition) is 6. The lowest BCUT2D eigenvalue weighted by Gasteiger charge is -2.35. The average molecular weight is 1200 g/mol. The normalized spacial score (nSPS) is 28.2. The Balaban J connectivity index is 0.871. The van der Waals surface area contributed by atoms with E-state index in [2.05, 4.69) is 31.9 Å². The van der Waals surface area contributed by atoms with E-state index in [0.717, 1.165) is 64.2 Å². The van der Waals surface area contributed by atoms with Crippen molar-refractivity contribution in [2.24, 2.45) is 35.5 Å². The number of ketones is 1. The quantitative estimate of drug-likeness (QED) is 0.109. The number of sulfone groups is 2. The first kappa shape index (κ1) is 62.8. The highest BCUT2D eigenvalue weighted by molar-refractivity contribution is 7.91. The van der Waals surface area contributed by atoms with Crippen LogP contribution in [-0.2, 0) is 58.0 Å². The molecule has 4 heterocycles. The van der Waals surface area contributed by atoms with Gasteiger partial charge < -0.3 is 41.7 Å². The number of benzene rings is 2. The number of amides is 7. The number of hydrogen-bond acceptors (Lipinski definition) is 13. The van der Waals surface area contributed by atoms with Crippen molar-refractivity contribution >= 4 is 66.8 Å². The third kappa shape index (κ3) is 14.2. The lowest BCUT2D eigenvalue weighted by molar-refractivity contribution is -0.145. The van der Waals surface area contributed by atoms with E-state index in [1.807, 2.05) is 13.8 Å². The van der Waals surface area contributed by atoms with Gasteiger partial charge in [0.05, 0.1) is 39.4 Å². The molecule has 2 saturated heterocycles. The van der Waals surface area contributed by atoms with Crippen molar-refractivity contribution in [3.8, 4) is 0 Å². The smallest absolute Gasteiger partial charge is 0.246 e. The topological polar surface area (TPSA) is 284 Å². The van der Waals surface area contributed by atoms with Crippen LogP contribution in [-0.4, -0.2) is 142 Å². The summed E-state index contributed by atoms with van der Waals surface area (Å²) in [5.74, 6) is -4.98. The maximum absolute atomic E-state index is 15.0. The summed E-state index contributed by atoms with van der Waals surface area (Å²) in [6.07, 6.45) is 11.3. The van der Waals surface area contributed by atoms with Gasteiger partial charge in [-0.3, -0.25) is 38.4 Å². The van der Waals surface area contributed by atoms with Crippen molar-refractivity contribution in [1.82, 2.24) is 41.7 Å². The second kappa shape index (κ2) is 27.3. The first-order valence-electron chi connectivity index (χ1n) is 31.1. The number of nitrogens with zero attached hydrogens (tertiary/aromatic N) is 2. The fraction of sp³-hybridized carbons (Fsp3) is 0.677. The van der Waals surface area contributed by atoms with Gasteiger partial charge in [-0.25, -0.2) is 16.8 Å². The van der Waals surface area contributed by atoms with Gasteiger partial charge in [0.15, 0.2) is 19.7 Å². The van der Waals surface area contributed by atoms with Crippen LogP contribution in [0.3, 0.4) is 0 Å². The zero-order valence-electron chi connectivity index (χ0n) is 49.3. The molecule has 7 amide bonds. The monoisotopic (exact) mass is 1200 g/mol. The van der Waals surface area contributed by atoms with Crippen LogP contribution in [0.5, 0.6) is 0 Å². The minimum Gasteiger partial charge on any atom is -0.351 e. The van der Waals surface area contributed by atoms with Crippen LogP contribution in [0.4, 0.5) is 0 Å². The molecule has 2 aromatic carbocycles. The molecule has 7 aliphatic rings. The van der Waals surface area contributed by atoms with Gasteiger partial charge in [0.2, 0.25) is 41.4 Å². The molecule has 5 fully saturated rings. The lowest BCUT2D eigenvalue weighted by Crippen LogP contribution is -2.57. The predicted octanol–water partition coefficient (Wildman–Crippen LogP) is 4.91. The third-order valence-corrected chi connectivity index (χ3v) is 23.4. The molecule has 10 atom stereocenters. The van der Waals surface area contributed by atoms with Gasteiger partial charge in [0.1, 0.15) is 23.9 Å². The predicted molar refractivity (Wildman–Crippen MR) is 314 cm³/mol. The van der Waals surface area contributed by atoms with E-state index in [0.29, 0.717) is 43.2 Å². The van der Waals surface area contributed by atoms with E-state index in [1.54, 1.807) is 50.4 Å². The van der Waals surface area contributed by atoms with Gasteiger partial charge in [-0.05, 0) is 133 Å². The minimum absolute atomic E-state index is 0.00979. The van der Waals surface area contributed by atoms with Crippen LogP contribution in [0.15, 0.2) is 58.3 Å². The summed E-state index contributed by atoms with van der Waals surface area (Å²) in [5.41, 5.74) is 0.953. The van der Waals surface area contributed by atoms with Gasteiger partial charge in [0, 0.05) is 55.3 Å². The van der Waals surface area contributed by atoms with Gasteiger partial charge in [0.25, 0.3) is 0 Å². The molecule has 6 N–H and O–H groups in total. The number of nitrogens with one attached hydrogen (secondary N) is 6. The van der Waals surface area contributed by atoms with Gasteiger partial charge >= 0.3 is 0 Å². The Morgan fingerprint density at radius 2 is 0.988 bits per heavy atom. The van der Waals surface area contributed by atoms with Gasteiger partial charge in [-0.1, -0.05) is 88.8 Å². The first-order valence-corrected chi connectivity index (χ1v) is 34.4. The standard InChI is InChI=1S/C62H88N8O12S2/c1-5-37(2)56(72)68-55(40-18-10-7-11-19-40)62(78)70-36-44(33-51(70)60(76)67-49-29-31-84(81,82)54-23-15-13-21-46(49)54)65-58(74)42-26-24-41(25-27-42)57(73)64-43-32-50(59(75)66-48-28-30-83(79,80)53-22-14-12-20-45(48)53)69(35-43)61(77)47(34-52(71)38(3)63-4)39-16-8-6-9-17-39/h12-15,20-23,37-44,47-51,55,63H,5-11,16-19,24-36H2,1-4H3,(H,64,73)(H,65,74)(H,66,75)(H,67,76)(H,68,72)/t37-,38+,41?,42?,43+,44+,47+,48-,49-,50+,51+,55+/m1/s1. The molecule has 0 bridgehead atoms. The Bertz CT molecular complexity index is 2810. The van der Waals surface area contributed by atoms with E-state index in [-0.39, 0.29) is 120 Å². The number of Topliss-reactive ketones (excluding diaryl/α,β-unsaturated/α-hetero) is 1. The largest absolute Gasteiger partial charge is 0.351 e. The first-order chi connectivity index (χ1) is 40.2. The maximum Gasteiger partial charge on any atom is 0.246 e. The molecular weight excluding hydrogens is 1110 g/mol. The van der Waals surface area contributed by atoms with Crippen LogP contribution in [0, 0.1) is 35.5 Å². The van der Waals surface area contributed by atoms with Crippen molar-refractivity contribution < 1.29 is 55.2 Å². The van der Waals surface area contributed by atoms with Crippen molar-refractivity contribution in [1.29, 1.82) is 0 Å². The van der Waals surface area contributed by atoms with Crippen LogP contribution in [0.25, 0.3) is 0 Å². The van der Waals surface area contributed by atoms with E-state index in [1.165, 1.54) is 21.9 Å². The van der Waals surface area contributed by atoms with Gasteiger partial charge in [-0.2, -0.15) is 0 Å². The fourth-order valence-electron chi connectivity index (χ4n) is 14.4. The Kier molecular flexibility index (Phi) is 20.4. The van der Waals surface area contributed by atoms with Crippen LogP contribution < -0.4 is 31.9 Å². The highest BCUT2D eigenvalue weighted by atomic mass is 32.2. The Hall–Kier alpha value is -5.74. The molecule has 0 unspecified atom stereocenters. The number of likely N-dealkylation sites (tertiary alicyclic amines) is 2. The van der Waals surface area contributed by atoms with Crippen molar-refractivity contribution in [3.63, 3.8) is 0 Å². The SMILES string of the molecule is CC[C@@H](C)C(=O)N[C@H](C(=O)N1C[C@@H](NC(=O)C2CCC(C(=O)N[C@H]3C[C@@H](C(=O)N[C@@H]4CCS(=O)(=O)c5ccccc54)N(C(=O)[C@@H](CC(=O)[C@H](C)NC)C4CCCCC4)C3)CC2)C[C@H]1C(=O)N[C@@H]1CCS(=O)(=O)c2ccccc21)C1CCCCC1. The van der Waals surface area contributed by atoms with Crippen molar-refractivity contribution in [3.05, 3.63) is 59.7 Å². The number of rotatable bonds is 19. The Labute approximate surface area is 495 Å². The van der Waals surface area contributed by atoms with E-state index < -0.39 is 97.6 Å². The van der Waals surface area contributed by atoms with Crippen molar-refractivity contribution in [2.75, 3.05) is 31.6 Å². The summed E-state index contributed by atoms with van der Waals surface area (Å²) in [6.45, 7) is 5.53. The van der Waals surface area contributed by atoms with E-state index in [4.69, 9.17) is 0 Å². The summed E-state index contributed by atoms with van der Waals surface area (Å²) in [4.78, 5) is 118. The molecule has 84 heavy (non-hydrogen) atoms. The molecule has 0 spiro atoms. The zero-order valence-corrected chi connectivity index (χ0v) is 50.9. The molecule has 4 aliphatic heterocycles. The Morgan fingerprint density at radius 1 is 0.548 bits per heavy atom. The van der Waals surface area contributed by atoms with Gasteiger partial charge in [-0.15, -0.1) is 0 Å². The average Bonchev–Trinajstić information content (AvgIpc) is 3.78. The molecule has 20 nitrogen and oxygen atoms in total. The van der Waals surface area contributed by atoms with Crippen LogP contribution in [0.2, 0.25) is 0 Å². The summed E-state index contributed by atoms with van der Waals surface area (Å²) in [7, 11) is -5.42. The highest BCUT2D eigenvalue weighted by Crippen LogP contribution is 2.39. The summed E-state index contributed by atoms with van der Waals surface area (Å²) >= 11 is 0. The molecular formula is C62H88N8O12S2. The molecule has 2 aromatic rings. The number of fused-ring (bicyclic) bond motifs is 2. The third-order valence-electron chi connectivity index (χ3n) is 19.8. The van der Waals surface area contributed by atoms with Crippen LogP contribution >= 0.6 is 0 Å². The Morgan fingerprint density at radius 3 is 1.44 bits per heavy atom. The maximum atomic E-state index is 15.0. The number of carbonyl (C=O) groups excluding carboxylic acids is 8. The fourth-order valence-corrected chi connectivity index (χ4v) is 17.6. The van der Waals surface area contributed by atoms with E-state index >= 15 is 4.79 Å². The molecule has 9 rings (SSSR count). The second-order valence-corrected chi connectivity index (χ2v) is 29.4. The molecule has 3 saturated carbocycles. The van der Waals surface area contributed by atoms with Crippen molar-refractivity contribution in [2.45, 2.75) is 207 Å². The molecule has 0 radical (unpaired) electrons. The lowest BCUT2D eigenvalue weighted by atomic mass is 9.76. The minimum atomic E-state index is -3.56. The molecule has 22 heteroatoms. The molecule has 0 aromatic heterocycles. The molecule has 460 valence electrons. The number of carbonyl (C=O) groups is 8. The highest BCUT2D eigenvalue weighted by Gasteiger charge is 2.49. The summed E-state index contributed by atoms with van der Waals surface area (Å²) in [5, 5.41) is 18.5. The summed E-state index contributed by atoms with van der Waals surface area (Å²) in [6, 6.07) is 7.28. The zero-order chi connectivity index (χ0) is 60.0. The van der Waals surface area contributed by atoms with E-state index in [9.17, 15) is 50.4 Å². The summed E-state index contributed by atoms with van der Waals surface area (Å²) < 4.78 is 52.2. The second-order valence-electron chi connectivity index (χ2n) is 25.2. The molecule has 3 aliphatic carbocycles. The van der Waals surface area contributed by atoms with Crippen LogP contribution in [0.1, 0.15) is 172 Å². The number of likely N-dealkylation sites (N-methyl/N-ethyl adjacent to an activating group) is 1.